The van der Waals surface area contributed by atoms with Crippen LogP contribution in [0.3, 0.4) is 0 Å². The molecule has 0 saturated carbocycles. The van der Waals surface area contributed by atoms with E-state index in [9.17, 15) is 4.57 Å². The number of unbranched alkanes of at least 4 members (excludes halogenated alkanes) is 13. The molecular formula is C28H51O3P. The fraction of sp³-hybridized carbons (Fsp3) is 0.786. The summed E-state index contributed by atoms with van der Waals surface area (Å²) in [5, 5.41) is 0. The Morgan fingerprint density at radius 2 is 1.16 bits per heavy atom. The first-order chi connectivity index (χ1) is 15.5. The molecule has 0 saturated heterocycles. The van der Waals surface area contributed by atoms with E-state index in [0.717, 1.165) is 25.7 Å². The van der Waals surface area contributed by atoms with Gasteiger partial charge in [0.05, 0.1) is 12.8 Å². The van der Waals surface area contributed by atoms with Crippen molar-refractivity contribution in [3.8, 4) is 5.75 Å². The van der Waals surface area contributed by atoms with Crippen LogP contribution in [0.25, 0.3) is 0 Å². The van der Waals surface area contributed by atoms with Crippen LogP contribution in [0.1, 0.15) is 135 Å². The summed E-state index contributed by atoms with van der Waals surface area (Å²) in [6.45, 7) is 9.25. The van der Waals surface area contributed by atoms with Gasteiger partial charge >= 0.3 is 7.60 Å². The largest absolute Gasteiger partial charge is 0.424 e. The summed E-state index contributed by atoms with van der Waals surface area (Å²) >= 11 is 0. The maximum atomic E-state index is 13.2. The van der Waals surface area contributed by atoms with Gasteiger partial charge in [-0.25, -0.2) is 4.57 Å². The van der Waals surface area contributed by atoms with Crippen LogP contribution in [0.15, 0.2) is 24.3 Å². The highest BCUT2D eigenvalue weighted by molar-refractivity contribution is 7.54. The number of hydrogen-bond donors (Lipinski definition) is 0. The third-order valence-corrected chi connectivity index (χ3v) is 8.04. The van der Waals surface area contributed by atoms with Crippen molar-refractivity contribution in [2.24, 2.45) is 0 Å². The lowest BCUT2D eigenvalue weighted by Gasteiger charge is -2.19. The summed E-state index contributed by atoms with van der Waals surface area (Å²) in [6, 6.07) is 7.94. The van der Waals surface area contributed by atoms with Gasteiger partial charge in [-0.1, -0.05) is 123 Å². The molecule has 0 aliphatic heterocycles. The summed E-state index contributed by atoms with van der Waals surface area (Å²) in [7, 11) is -3.08. The van der Waals surface area contributed by atoms with E-state index in [1.54, 1.807) is 0 Å². The van der Waals surface area contributed by atoms with Crippen molar-refractivity contribution in [1.82, 2.24) is 0 Å². The lowest BCUT2D eigenvalue weighted by atomic mass is 10.0. The molecule has 0 aliphatic rings. The molecule has 186 valence electrons. The molecule has 0 bridgehead atoms. The average Bonchev–Trinajstić information content (AvgIpc) is 2.78. The lowest BCUT2D eigenvalue weighted by molar-refractivity contribution is 0.257. The smallest absolute Gasteiger partial charge is 0.379 e. The van der Waals surface area contributed by atoms with E-state index in [1.807, 2.05) is 12.1 Å². The molecule has 1 aromatic rings. The van der Waals surface area contributed by atoms with E-state index in [2.05, 4.69) is 39.8 Å². The molecule has 0 radical (unpaired) electrons. The molecular weight excluding hydrogens is 415 g/mol. The van der Waals surface area contributed by atoms with E-state index in [-0.39, 0.29) is 0 Å². The van der Waals surface area contributed by atoms with Gasteiger partial charge in [0, 0.05) is 0 Å². The first kappa shape index (κ1) is 29.2. The zero-order valence-electron chi connectivity index (χ0n) is 21.6. The van der Waals surface area contributed by atoms with E-state index < -0.39 is 7.60 Å². The van der Waals surface area contributed by atoms with Crippen LogP contribution in [0.2, 0.25) is 0 Å². The van der Waals surface area contributed by atoms with Crippen LogP contribution in [0.5, 0.6) is 5.75 Å². The van der Waals surface area contributed by atoms with Gasteiger partial charge in [-0.3, -0.25) is 4.52 Å². The Balaban J connectivity index is 2.18. The summed E-state index contributed by atoms with van der Waals surface area (Å²) in [5.41, 5.74) is 1.26. The summed E-state index contributed by atoms with van der Waals surface area (Å²) in [4.78, 5) is 0. The molecule has 4 heteroatoms. The quantitative estimate of drug-likeness (QED) is 0.133. The van der Waals surface area contributed by atoms with Crippen LogP contribution in [-0.4, -0.2) is 12.8 Å². The zero-order valence-corrected chi connectivity index (χ0v) is 22.5. The van der Waals surface area contributed by atoms with Crippen LogP contribution in [0, 0.1) is 0 Å². The lowest BCUT2D eigenvalue weighted by Crippen LogP contribution is -2.04. The first-order valence-electron chi connectivity index (χ1n) is 13.5. The second-order valence-corrected chi connectivity index (χ2v) is 11.7. The summed E-state index contributed by atoms with van der Waals surface area (Å²) in [5.74, 6) is 1.13. The molecule has 3 nitrogen and oxygen atoms in total. The molecule has 1 unspecified atom stereocenters. The fourth-order valence-corrected chi connectivity index (χ4v) is 5.71. The molecule has 0 aromatic heterocycles. The van der Waals surface area contributed by atoms with Crippen molar-refractivity contribution in [1.29, 1.82) is 0 Å². The second kappa shape index (κ2) is 18.6. The minimum absolute atomic E-state index is 0.475. The topological polar surface area (TPSA) is 35.5 Å². The van der Waals surface area contributed by atoms with Gasteiger partial charge in [0.25, 0.3) is 0 Å². The highest BCUT2D eigenvalue weighted by Gasteiger charge is 2.25. The van der Waals surface area contributed by atoms with Gasteiger partial charge in [-0.2, -0.15) is 0 Å². The first-order valence-corrected chi connectivity index (χ1v) is 15.3. The van der Waals surface area contributed by atoms with Gasteiger partial charge in [0.1, 0.15) is 5.75 Å². The molecule has 32 heavy (non-hydrogen) atoms. The highest BCUT2D eigenvalue weighted by atomic mass is 31.2. The molecule has 0 spiro atoms. The Kier molecular flexibility index (Phi) is 17.0. The van der Waals surface area contributed by atoms with Crippen molar-refractivity contribution in [3.63, 3.8) is 0 Å². The third-order valence-electron chi connectivity index (χ3n) is 6.11. The maximum Gasteiger partial charge on any atom is 0.379 e. The van der Waals surface area contributed by atoms with Gasteiger partial charge in [-0.05, 0) is 36.5 Å². The van der Waals surface area contributed by atoms with Crippen LogP contribution in [-0.2, 0) is 9.09 Å². The van der Waals surface area contributed by atoms with Gasteiger partial charge in [0.2, 0.25) is 0 Å². The van der Waals surface area contributed by atoms with Gasteiger partial charge in [0.15, 0.2) is 0 Å². The number of rotatable bonds is 21. The minimum atomic E-state index is -3.08. The SMILES string of the molecule is CCCCCCCCCCCCCCCOP(=O)(CCCC)Oc1ccc(C(C)C)cc1. The van der Waals surface area contributed by atoms with Crippen molar-refractivity contribution < 1.29 is 13.6 Å². The van der Waals surface area contributed by atoms with Crippen molar-refractivity contribution >= 4 is 7.60 Å². The summed E-state index contributed by atoms with van der Waals surface area (Å²) in [6.07, 6.45) is 19.5. The monoisotopic (exact) mass is 466 g/mol. The Bertz CT molecular complexity index is 597. The Morgan fingerprint density at radius 1 is 0.688 bits per heavy atom. The van der Waals surface area contributed by atoms with Crippen molar-refractivity contribution in [2.75, 3.05) is 12.8 Å². The van der Waals surface area contributed by atoms with Gasteiger partial charge in [-0.15, -0.1) is 0 Å². The molecule has 0 fully saturated rings. The minimum Gasteiger partial charge on any atom is -0.424 e. The van der Waals surface area contributed by atoms with Crippen LogP contribution >= 0.6 is 7.60 Å². The van der Waals surface area contributed by atoms with E-state index in [1.165, 1.54) is 76.2 Å². The van der Waals surface area contributed by atoms with E-state index in [0.29, 0.717) is 24.4 Å². The van der Waals surface area contributed by atoms with Crippen LogP contribution < -0.4 is 4.52 Å². The average molecular weight is 467 g/mol. The predicted octanol–water partition coefficient (Wildman–Crippen LogP) is 10.3. The number of benzene rings is 1. The van der Waals surface area contributed by atoms with Gasteiger partial charge < -0.3 is 4.52 Å². The molecule has 0 aliphatic carbocycles. The Labute approximate surface area is 199 Å². The van der Waals surface area contributed by atoms with E-state index >= 15 is 0 Å². The third kappa shape index (κ3) is 14.4. The maximum absolute atomic E-state index is 13.2. The second-order valence-electron chi connectivity index (χ2n) is 9.58. The predicted molar refractivity (Wildman–Crippen MR) is 140 cm³/mol. The molecule has 1 aromatic carbocycles. The highest BCUT2D eigenvalue weighted by Crippen LogP contribution is 2.49. The van der Waals surface area contributed by atoms with Crippen molar-refractivity contribution in [2.45, 2.75) is 130 Å². The molecule has 1 rings (SSSR count). The number of hydrogen-bond acceptors (Lipinski definition) is 3. The Morgan fingerprint density at radius 3 is 1.62 bits per heavy atom. The molecule has 0 heterocycles. The standard InChI is InChI=1S/C28H51O3P/c1-5-7-9-10-11-12-13-14-15-16-17-18-19-24-30-32(29,25-8-6-2)31-28-22-20-27(21-23-28)26(3)4/h20-23,26H,5-19,24-25H2,1-4H3. The summed E-state index contributed by atoms with van der Waals surface area (Å²) < 4.78 is 25.0. The molecule has 0 N–H and O–H groups in total. The molecule has 0 amide bonds. The fourth-order valence-electron chi connectivity index (χ4n) is 3.89. The Hall–Kier alpha value is -0.790. The molecule has 1 atom stereocenters. The van der Waals surface area contributed by atoms with Crippen molar-refractivity contribution in [3.05, 3.63) is 29.8 Å². The zero-order chi connectivity index (χ0) is 23.5. The van der Waals surface area contributed by atoms with Crippen LogP contribution in [0.4, 0.5) is 0 Å². The normalized spacial score (nSPS) is 13.4. The van der Waals surface area contributed by atoms with E-state index in [4.69, 9.17) is 9.05 Å².